The average molecular weight is 417 g/mol. The van der Waals surface area contributed by atoms with Gasteiger partial charge in [-0.3, -0.25) is 14.5 Å². The number of pyridine rings is 1. The minimum atomic E-state index is -0.411. The van der Waals surface area contributed by atoms with E-state index in [1.165, 1.54) is 12.1 Å². The number of hydrogen-bond acceptors (Lipinski definition) is 3. The summed E-state index contributed by atoms with van der Waals surface area (Å²) in [6.07, 6.45) is 2.48. The largest absolute Gasteiger partial charge is 0.342 e. The van der Waals surface area contributed by atoms with E-state index in [-0.39, 0.29) is 24.1 Å². The number of aromatic nitrogens is 1. The minimum absolute atomic E-state index is 0.0267. The lowest BCUT2D eigenvalue weighted by Gasteiger charge is -2.25. The highest BCUT2D eigenvalue weighted by atomic mass is 19.1. The lowest BCUT2D eigenvalue weighted by atomic mass is 10.1. The number of amides is 2. The third-order valence-electron chi connectivity index (χ3n) is 5.52. The van der Waals surface area contributed by atoms with Crippen LogP contribution in [0.3, 0.4) is 0 Å². The van der Waals surface area contributed by atoms with Crippen molar-refractivity contribution in [3.63, 3.8) is 0 Å². The van der Waals surface area contributed by atoms with E-state index in [9.17, 15) is 14.0 Å². The van der Waals surface area contributed by atoms with Crippen LogP contribution in [0.15, 0.2) is 79.0 Å². The molecule has 0 spiro atoms. The molecule has 158 valence electrons. The number of rotatable bonds is 7. The molecule has 1 aromatic heterocycles. The number of carbonyl (C=O) groups excluding carboxylic acids is 2. The molecule has 31 heavy (non-hydrogen) atoms. The summed E-state index contributed by atoms with van der Waals surface area (Å²) >= 11 is 0. The molecule has 0 saturated carbocycles. The normalized spacial score (nSPS) is 15.8. The first-order valence-electron chi connectivity index (χ1n) is 10.4. The predicted octanol–water partition coefficient (Wildman–Crippen LogP) is 3.85. The Morgan fingerprint density at radius 3 is 2.45 bits per heavy atom. The highest BCUT2D eigenvalue weighted by Crippen LogP contribution is 2.24. The molecule has 6 heteroatoms. The van der Waals surface area contributed by atoms with Gasteiger partial charge in [0.25, 0.3) is 0 Å². The van der Waals surface area contributed by atoms with E-state index in [2.05, 4.69) is 4.98 Å². The van der Waals surface area contributed by atoms with Crippen molar-refractivity contribution in [3.8, 4) is 0 Å². The SMILES string of the molecule is O=C1CC(C(=O)N(Cc2ccccc2)c2ccccn2)CN1CCc1ccc(F)cc1. The number of halogens is 1. The number of carbonyl (C=O) groups is 2. The Labute approximate surface area is 181 Å². The fourth-order valence-corrected chi connectivity index (χ4v) is 3.84. The standard InChI is InChI=1S/C25H24FN3O2/c26-22-11-9-19(10-12-22)13-15-28-18-21(16-24(28)30)25(31)29(23-8-4-5-14-27-23)17-20-6-2-1-3-7-20/h1-12,14,21H,13,15-18H2. The van der Waals surface area contributed by atoms with Crippen molar-refractivity contribution in [2.24, 2.45) is 5.92 Å². The molecule has 4 rings (SSSR count). The molecule has 5 nitrogen and oxygen atoms in total. The van der Waals surface area contributed by atoms with Crippen molar-refractivity contribution >= 4 is 17.6 Å². The van der Waals surface area contributed by atoms with E-state index < -0.39 is 5.92 Å². The zero-order chi connectivity index (χ0) is 21.6. The first-order valence-corrected chi connectivity index (χ1v) is 10.4. The molecule has 0 aliphatic carbocycles. The van der Waals surface area contributed by atoms with Gasteiger partial charge in [-0.15, -0.1) is 0 Å². The molecule has 1 atom stereocenters. The number of benzene rings is 2. The molecule has 2 heterocycles. The van der Waals surface area contributed by atoms with Gasteiger partial charge in [-0.25, -0.2) is 9.37 Å². The molecule has 3 aromatic rings. The Hall–Kier alpha value is -3.54. The summed E-state index contributed by atoms with van der Waals surface area (Å²) < 4.78 is 13.1. The molecule has 1 fully saturated rings. The van der Waals surface area contributed by atoms with Gasteiger partial charge >= 0.3 is 0 Å². The quantitative estimate of drug-likeness (QED) is 0.587. The molecule has 0 radical (unpaired) electrons. The van der Waals surface area contributed by atoms with Crippen molar-refractivity contribution in [1.82, 2.24) is 9.88 Å². The zero-order valence-electron chi connectivity index (χ0n) is 17.2. The fourth-order valence-electron chi connectivity index (χ4n) is 3.84. The average Bonchev–Trinajstić information content (AvgIpc) is 3.18. The maximum atomic E-state index is 13.4. The molecule has 2 aromatic carbocycles. The van der Waals surface area contributed by atoms with Crippen LogP contribution >= 0.6 is 0 Å². The van der Waals surface area contributed by atoms with E-state index in [1.54, 1.807) is 28.1 Å². The molecule has 1 aliphatic heterocycles. The first-order chi connectivity index (χ1) is 15.1. The molecule has 1 saturated heterocycles. The molecular formula is C25H24FN3O2. The smallest absolute Gasteiger partial charge is 0.233 e. The Morgan fingerprint density at radius 2 is 1.74 bits per heavy atom. The van der Waals surface area contributed by atoms with Crippen LogP contribution in [0.25, 0.3) is 0 Å². The second-order valence-corrected chi connectivity index (χ2v) is 7.72. The Kier molecular flexibility index (Phi) is 6.36. The number of likely N-dealkylation sites (tertiary alicyclic amines) is 1. The highest BCUT2D eigenvalue weighted by Gasteiger charge is 2.37. The summed E-state index contributed by atoms with van der Waals surface area (Å²) in [7, 11) is 0. The number of nitrogens with zero attached hydrogens (tertiary/aromatic N) is 3. The van der Waals surface area contributed by atoms with Crippen LogP contribution in [0.2, 0.25) is 0 Å². The van der Waals surface area contributed by atoms with Crippen molar-refractivity contribution < 1.29 is 14.0 Å². The van der Waals surface area contributed by atoms with Gasteiger partial charge < -0.3 is 4.90 Å². The Morgan fingerprint density at radius 1 is 1.00 bits per heavy atom. The van der Waals surface area contributed by atoms with Gasteiger partial charge in [0.2, 0.25) is 11.8 Å². The van der Waals surface area contributed by atoms with E-state index in [0.717, 1.165) is 11.1 Å². The van der Waals surface area contributed by atoms with Crippen LogP contribution in [0.5, 0.6) is 0 Å². The van der Waals surface area contributed by atoms with E-state index in [4.69, 9.17) is 0 Å². The molecular weight excluding hydrogens is 393 g/mol. The van der Waals surface area contributed by atoms with Gasteiger partial charge in [0, 0.05) is 25.7 Å². The first kappa shape index (κ1) is 20.7. The summed E-state index contributed by atoms with van der Waals surface area (Å²) in [4.78, 5) is 33.7. The van der Waals surface area contributed by atoms with E-state index in [0.29, 0.717) is 31.9 Å². The number of anilines is 1. The maximum absolute atomic E-state index is 13.4. The topological polar surface area (TPSA) is 53.5 Å². The van der Waals surface area contributed by atoms with Gasteiger partial charge in [-0.1, -0.05) is 48.5 Å². The second kappa shape index (κ2) is 9.51. The molecule has 1 unspecified atom stereocenters. The zero-order valence-corrected chi connectivity index (χ0v) is 17.2. The van der Waals surface area contributed by atoms with Gasteiger partial charge in [0.15, 0.2) is 0 Å². The lowest BCUT2D eigenvalue weighted by molar-refractivity contribution is -0.128. The van der Waals surface area contributed by atoms with Gasteiger partial charge in [0.1, 0.15) is 11.6 Å². The van der Waals surface area contributed by atoms with Crippen molar-refractivity contribution in [3.05, 3.63) is 95.9 Å². The van der Waals surface area contributed by atoms with Crippen molar-refractivity contribution in [2.75, 3.05) is 18.0 Å². The monoisotopic (exact) mass is 417 g/mol. The maximum Gasteiger partial charge on any atom is 0.233 e. The van der Waals surface area contributed by atoms with Crippen LogP contribution < -0.4 is 4.90 Å². The molecule has 2 amide bonds. The lowest BCUT2D eigenvalue weighted by Crippen LogP contribution is -2.38. The van der Waals surface area contributed by atoms with Gasteiger partial charge in [-0.2, -0.15) is 0 Å². The van der Waals surface area contributed by atoms with Crippen LogP contribution in [-0.2, 0) is 22.6 Å². The fraction of sp³-hybridized carbons (Fsp3) is 0.240. The Bertz CT molecular complexity index is 1030. The summed E-state index contributed by atoms with van der Waals surface area (Å²) in [6, 6.07) is 21.5. The van der Waals surface area contributed by atoms with Crippen LogP contribution in [0.1, 0.15) is 17.5 Å². The summed E-state index contributed by atoms with van der Waals surface area (Å²) in [5.41, 5.74) is 1.96. The Balaban J connectivity index is 1.45. The van der Waals surface area contributed by atoms with Crippen LogP contribution in [-0.4, -0.2) is 34.8 Å². The molecule has 1 aliphatic rings. The predicted molar refractivity (Wildman–Crippen MR) is 117 cm³/mol. The van der Waals surface area contributed by atoms with Crippen LogP contribution in [0.4, 0.5) is 10.2 Å². The molecule has 0 N–H and O–H groups in total. The summed E-state index contributed by atoms with van der Waals surface area (Å²) in [5, 5.41) is 0. The van der Waals surface area contributed by atoms with Crippen molar-refractivity contribution in [1.29, 1.82) is 0 Å². The third-order valence-corrected chi connectivity index (χ3v) is 5.52. The van der Waals surface area contributed by atoms with Gasteiger partial charge in [0.05, 0.1) is 12.5 Å². The van der Waals surface area contributed by atoms with Crippen molar-refractivity contribution in [2.45, 2.75) is 19.4 Å². The molecule has 0 bridgehead atoms. The number of hydrogen-bond donors (Lipinski definition) is 0. The second-order valence-electron chi connectivity index (χ2n) is 7.72. The van der Waals surface area contributed by atoms with E-state index in [1.807, 2.05) is 48.5 Å². The third kappa shape index (κ3) is 5.15. The van der Waals surface area contributed by atoms with Gasteiger partial charge in [-0.05, 0) is 41.8 Å². The summed E-state index contributed by atoms with van der Waals surface area (Å²) in [6.45, 7) is 1.30. The van der Waals surface area contributed by atoms with E-state index >= 15 is 0 Å². The summed E-state index contributed by atoms with van der Waals surface area (Å²) in [5.74, 6) is -0.235. The van der Waals surface area contributed by atoms with Crippen LogP contribution in [0, 0.1) is 11.7 Å². The highest BCUT2D eigenvalue weighted by molar-refractivity contribution is 5.98. The minimum Gasteiger partial charge on any atom is -0.342 e.